The van der Waals surface area contributed by atoms with Crippen LogP contribution in [0.1, 0.15) is 35.2 Å². The lowest BCUT2D eigenvalue weighted by atomic mass is 10.1. The van der Waals surface area contributed by atoms with Gasteiger partial charge in [-0.15, -0.1) is 0 Å². The lowest BCUT2D eigenvalue weighted by molar-refractivity contribution is 0.395. The number of pyridine rings is 1. The van der Waals surface area contributed by atoms with Crippen LogP contribution >= 0.6 is 0 Å². The number of benzene rings is 1. The number of para-hydroxylation sites is 1. The van der Waals surface area contributed by atoms with E-state index in [2.05, 4.69) is 23.0 Å². The fraction of sp³-hybridized carbons (Fsp3) is 0.263. The monoisotopic (exact) mass is 308 g/mol. The van der Waals surface area contributed by atoms with Gasteiger partial charge < -0.3 is 9.15 Å². The number of nitrogens with zero attached hydrogens (tertiary/aromatic N) is 2. The molecule has 23 heavy (non-hydrogen) atoms. The fourth-order valence-electron chi connectivity index (χ4n) is 2.62. The quantitative estimate of drug-likeness (QED) is 0.707. The van der Waals surface area contributed by atoms with Crippen LogP contribution in [0, 0.1) is 13.8 Å². The van der Waals surface area contributed by atoms with Crippen LogP contribution in [0.5, 0.6) is 5.88 Å². The highest BCUT2D eigenvalue weighted by Crippen LogP contribution is 2.24. The summed E-state index contributed by atoms with van der Waals surface area (Å²) in [6, 6.07) is 8.05. The van der Waals surface area contributed by atoms with Crippen LogP contribution in [0.3, 0.4) is 0 Å². The maximum absolute atomic E-state index is 5.82. The SMILES string of the molecule is CCc1cc(/C=C/c2nc3cccc(C)c3o2)c(OC)nc1C. The number of fused-ring (bicyclic) bond motifs is 1. The molecule has 1 aromatic carbocycles. The molecule has 4 heteroatoms. The Kier molecular flexibility index (Phi) is 4.15. The average Bonchev–Trinajstić information content (AvgIpc) is 2.98. The van der Waals surface area contributed by atoms with E-state index < -0.39 is 0 Å². The van der Waals surface area contributed by atoms with Gasteiger partial charge in [0.05, 0.1) is 7.11 Å². The summed E-state index contributed by atoms with van der Waals surface area (Å²) in [5.41, 5.74) is 5.91. The molecule has 0 saturated carbocycles. The molecule has 0 radical (unpaired) electrons. The molecule has 0 amide bonds. The van der Waals surface area contributed by atoms with E-state index >= 15 is 0 Å². The molecule has 0 bridgehead atoms. The minimum absolute atomic E-state index is 0.579. The molecule has 0 fully saturated rings. The zero-order chi connectivity index (χ0) is 16.4. The van der Waals surface area contributed by atoms with Crippen molar-refractivity contribution in [2.45, 2.75) is 27.2 Å². The number of aryl methyl sites for hydroxylation is 3. The van der Waals surface area contributed by atoms with Crippen LogP contribution < -0.4 is 4.74 Å². The Labute approximate surface area is 135 Å². The molecular weight excluding hydrogens is 288 g/mol. The number of ether oxygens (including phenoxy) is 1. The smallest absolute Gasteiger partial charge is 0.220 e. The van der Waals surface area contributed by atoms with Crippen LogP contribution in [-0.2, 0) is 6.42 Å². The van der Waals surface area contributed by atoms with E-state index in [1.54, 1.807) is 7.11 Å². The van der Waals surface area contributed by atoms with Gasteiger partial charge in [0, 0.05) is 17.3 Å². The molecule has 3 aromatic rings. The van der Waals surface area contributed by atoms with E-state index in [4.69, 9.17) is 9.15 Å². The van der Waals surface area contributed by atoms with Gasteiger partial charge in [-0.05, 0) is 49.6 Å². The fourth-order valence-corrected chi connectivity index (χ4v) is 2.62. The summed E-state index contributed by atoms with van der Waals surface area (Å²) in [6.45, 7) is 6.13. The Bertz CT molecular complexity index is 878. The highest BCUT2D eigenvalue weighted by atomic mass is 16.5. The Balaban J connectivity index is 1.99. The number of hydrogen-bond donors (Lipinski definition) is 0. The summed E-state index contributed by atoms with van der Waals surface area (Å²) >= 11 is 0. The van der Waals surface area contributed by atoms with Crippen molar-refractivity contribution in [2.24, 2.45) is 0 Å². The van der Waals surface area contributed by atoms with Gasteiger partial charge in [-0.1, -0.05) is 19.1 Å². The molecule has 0 N–H and O–H groups in total. The van der Waals surface area contributed by atoms with Crippen molar-refractivity contribution in [1.29, 1.82) is 0 Å². The van der Waals surface area contributed by atoms with E-state index in [1.807, 2.05) is 44.2 Å². The summed E-state index contributed by atoms with van der Waals surface area (Å²) in [5, 5.41) is 0. The maximum Gasteiger partial charge on any atom is 0.220 e. The van der Waals surface area contributed by atoms with Crippen LogP contribution in [0.2, 0.25) is 0 Å². The number of methoxy groups -OCH3 is 1. The van der Waals surface area contributed by atoms with E-state index in [0.29, 0.717) is 11.8 Å². The first kappa shape index (κ1) is 15.3. The first-order valence-corrected chi connectivity index (χ1v) is 7.71. The molecule has 0 atom stereocenters. The minimum atomic E-state index is 0.579. The Morgan fingerprint density at radius 3 is 2.70 bits per heavy atom. The maximum atomic E-state index is 5.82. The molecule has 0 unspecified atom stereocenters. The molecule has 4 nitrogen and oxygen atoms in total. The third-order valence-electron chi connectivity index (χ3n) is 3.92. The van der Waals surface area contributed by atoms with Gasteiger partial charge in [0.2, 0.25) is 11.8 Å². The van der Waals surface area contributed by atoms with Crippen molar-refractivity contribution in [3.8, 4) is 5.88 Å². The van der Waals surface area contributed by atoms with Crippen molar-refractivity contribution in [1.82, 2.24) is 9.97 Å². The predicted molar refractivity (Wildman–Crippen MR) is 92.6 cm³/mol. The van der Waals surface area contributed by atoms with Gasteiger partial charge in [0.15, 0.2) is 5.58 Å². The van der Waals surface area contributed by atoms with Crippen molar-refractivity contribution in [3.63, 3.8) is 0 Å². The number of oxazole rings is 1. The molecule has 0 spiro atoms. The van der Waals surface area contributed by atoms with Gasteiger partial charge in [-0.25, -0.2) is 9.97 Å². The lowest BCUT2D eigenvalue weighted by Crippen LogP contribution is -1.97. The minimum Gasteiger partial charge on any atom is -0.481 e. The Morgan fingerprint density at radius 1 is 1.17 bits per heavy atom. The number of aromatic nitrogens is 2. The molecule has 0 aliphatic heterocycles. The highest BCUT2D eigenvalue weighted by molar-refractivity contribution is 5.79. The van der Waals surface area contributed by atoms with E-state index in [0.717, 1.165) is 34.3 Å². The molecule has 118 valence electrons. The molecule has 0 saturated heterocycles. The summed E-state index contributed by atoms with van der Waals surface area (Å²) in [7, 11) is 1.63. The molecule has 0 aliphatic carbocycles. The zero-order valence-corrected chi connectivity index (χ0v) is 13.9. The summed E-state index contributed by atoms with van der Waals surface area (Å²) < 4.78 is 11.2. The molecule has 2 heterocycles. The largest absolute Gasteiger partial charge is 0.481 e. The first-order valence-electron chi connectivity index (χ1n) is 7.71. The van der Waals surface area contributed by atoms with Gasteiger partial charge in [-0.2, -0.15) is 0 Å². The molecular formula is C19H20N2O2. The summed E-state index contributed by atoms with van der Waals surface area (Å²) in [6.07, 6.45) is 4.73. The van der Waals surface area contributed by atoms with Crippen molar-refractivity contribution in [3.05, 3.63) is 52.5 Å². The molecule has 0 aliphatic rings. The van der Waals surface area contributed by atoms with E-state index in [1.165, 1.54) is 5.56 Å². The number of hydrogen-bond acceptors (Lipinski definition) is 4. The second-order valence-electron chi connectivity index (χ2n) is 5.49. The van der Waals surface area contributed by atoms with Crippen molar-refractivity contribution in [2.75, 3.05) is 7.11 Å². The summed E-state index contributed by atoms with van der Waals surface area (Å²) in [4.78, 5) is 9.00. The number of rotatable bonds is 4. The third kappa shape index (κ3) is 2.97. The second-order valence-corrected chi connectivity index (χ2v) is 5.49. The van der Waals surface area contributed by atoms with Crippen LogP contribution in [0.25, 0.3) is 23.3 Å². The molecule has 3 rings (SSSR count). The normalized spacial score (nSPS) is 11.5. The molecule has 2 aromatic heterocycles. The second kappa shape index (κ2) is 6.24. The van der Waals surface area contributed by atoms with Gasteiger partial charge >= 0.3 is 0 Å². The van der Waals surface area contributed by atoms with E-state index in [-0.39, 0.29) is 0 Å². The van der Waals surface area contributed by atoms with Crippen molar-refractivity contribution >= 4 is 23.3 Å². The third-order valence-corrected chi connectivity index (χ3v) is 3.92. The zero-order valence-electron chi connectivity index (χ0n) is 13.9. The topological polar surface area (TPSA) is 48.2 Å². The lowest BCUT2D eigenvalue weighted by Gasteiger charge is -2.08. The highest BCUT2D eigenvalue weighted by Gasteiger charge is 2.08. The first-order chi connectivity index (χ1) is 11.1. The van der Waals surface area contributed by atoms with Crippen LogP contribution in [0.4, 0.5) is 0 Å². The van der Waals surface area contributed by atoms with Gasteiger partial charge in [-0.3, -0.25) is 0 Å². The van der Waals surface area contributed by atoms with Gasteiger partial charge in [0.1, 0.15) is 5.52 Å². The summed E-state index contributed by atoms with van der Waals surface area (Å²) in [5.74, 6) is 1.19. The van der Waals surface area contributed by atoms with Crippen molar-refractivity contribution < 1.29 is 9.15 Å². The van der Waals surface area contributed by atoms with Crippen LogP contribution in [0.15, 0.2) is 28.7 Å². The predicted octanol–water partition coefficient (Wildman–Crippen LogP) is 4.58. The van der Waals surface area contributed by atoms with E-state index in [9.17, 15) is 0 Å². The Hall–Kier alpha value is -2.62. The average molecular weight is 308 g/mol. The van der Waals surface area contributed by atoms with Crippen LogP contribution in [-0.4, -0.2) is 17.1 Å². The Morgan fingerprint density at radius 2 is 2.00 bits per heavy atom. The van der Waals surface area contributed by atoms with Gasteiger partial charge in [0.25, 0.3) is 0 Å². The standard InChI is InChI=1S/C19H20N2O2/c1-5-14-11-15(19(22-4)20-13(14)3)9-10-17-21-16-8-6-7-12(2)18(16)23-17/h6-11H,5H2,1-4H3/b10-9+.